The molecule has 5 nitrogen and oxygen atoms in total. The minimum Gasteiger partial charge on any atom is -0.364 e. The Morgan fingerprint density at radius 2 is 1.41 bits per heavy atom. The number of piperazine rings is 1. The average molecular weight is 401 g/mol. The molecule has 0 bridgehead atoms. The zero-order chi connectivity index (χ0) is 20.7. The standard InChI is InChI=1S/C21H18F3N3O2/c1-25-8-10-26(11-9-25)19-18(13-2-4-14(22)5-3-13)20(28)27(21(19)29)17-12-15(23)6-7-16(17)24/h2-7,12H,8-11H2,1H3. The quantitative estimate of drug-likeness (QED) is 0.742. The average Bonchev–Trinajstić information content (AvgIpc) is 2.95. The van der Waals surface area contributed by atoms with Crippen LogP contribution in [0, 0.1) is 17.5 Å². The largest absolute Gasteiger partial charge is 0.364 e. The maximum absolute atomic E-state index is 14.4. The number of nitrogens with zero attached hydrogens (tertiary/aromatic N) is 3. The van der Waals surface area contributed by atoms with Crippen LogP contribution in [0.25, 0.3) is 5.57 Å². The monoisotopic (exact) mass is 401 g/mol. The van der Waals surface area contributed by atoms with Crippen LogP contribution < -0.4 is 4.90 Å². The van der Waals surface area contributed by atoms with E-state index in [4.69, 9.17) is 0 Å². The third-order valence-corrected chi connectivity index (χ3v) is 5.16. The fourth-order valence-electron chi connectivity index (χ4n) is 3.59. The Morgan fingerprint density at radius 1 is 0.793 bits per heavy atom. The van der Waals surface area contributed by atoms with Crippen molar-refractivity contribution < 1.29 is 22.8 Å². The first-order valence-electron chi connectivity index (χ1n) is 9.14. The molecule has 0 spiro atoms. The molecule has 0 aliphatic carbocycles. The maximum atomic E-state index is 14.4. The van der Waals surface area contributed by atoms with Crippen LogP contribution in [0.2, 0.25) is 0 Å². The van der Waals surface area contributed by atoms with Gasteiger partial charge in [-0.05, 0) is 36.9 Å². The minimum absolute atomic E-state index is 0.0585. The molecule has 0 radical (unpaired) electrons. The second-order valence-corrected chi connectivity index (χ2v) is 7.06. The van der Waals surface area contributed by atoms with E-state index in [1.54, 1.807) is 4.90 Å². The molecule has 2 aromatic carbocycles. The Morgan fingerprint density at radius 3 is 2.07 bits per heavy atom. The first-order valence-corrected chi connectivity index (χ1v) is 9.14. The third kappa shape index (κ3) is 3.40. The summed E-state index contributed by atoms with van der Waals surface area (Å²) in [5.74, 6) is -3.62. The third-order valence-electron chi connectivity index (χ3n) is 5.16. The molecule has 150 valence electrons. The van der Waals surface area contributed by atoms with Crippen molar-refractivity contribution in [3.63, 3.8) is 0 Å². The van der Waals surface area contributed by atoms with Crippen LogP contribution in [-0.2, 0) is 9.59 Å². The Bertz CT molecular complexity index is 1010. The van der Waals surface area contributed by atoms with E-state index in [9.17, 15) is 22.8 Å². The smallest absolute Gasteiger partial charge is 0.282 e. The molecule has 0 aromatic heterocycles. The van der Waals surface area contributed by atoms with Gasteiger partial charge in [0.15, 0.2) is 0 Å². The SMILES string of the molecule is CN1CCN(C2=C(c3ccc(F)cc3)C(=O)N(c3cc(F)ccc3F)C2=O)CC1. The van der Waals surface area contributed by atoms with Crippen LogP contribution in [0.5, 0.6) is 0 Å². The fraction of sp³-hybridized carbons (Fsp3) is 0.238. The second-order valence-electron chi connectivity index (χ2n) is 7.06. The topological polar surface area (TPSA) is 43.9 Å². The number of amides is 2. The van der Waals surface area contributed by atoms with Crippen molar-refractivity contribution in [2.24, 2.45) is 0 Å². The van der Waals surface area contributed by atoms with Gasteiger partial charge in [0.2, 0.25) is 0 Å². The fourth-order valence-corrected chi connectivity index (χ4v) is 3.59. The van der Waals surface area contributed by atoms with Crippen LogP contribution >= 0.6 is 0 Å². The molecule has 8 heteroatoms. The lowest BCUT2D eigenvalue weighted by molar-refractivity contribution is -0.120. The number of rotatable bonds is 3. The number of benzene rings is 2. The summed E-state index contributed by atoms with van der Waals surface area (Å²) in [4.78, 5) is 31.0. The molecule has 0 saturated carbocycles. The van der Waals surface area contributed by atoms with Crippen molar-refractivity contribution in [3.8, 4) is 0 Å². The molecule has 2 heterocycles. The summed E-state index contributed by atoms with van der Waals surface area (Å²) in [6.07, 6.45) is 0. The number of anilines is 1. The van der Waals surface area contributed by atoms with Gasteiger partial charge in [0.1, 0.15) is 23.1 Å². The highest BCUT2D eigenvalue weighted by molar-refractivity contribution is 6.45. The molecule has 1 saturated heterocycles. The van der Waals surface area contributed by atoms with E-state index in [1.807, 2.05) is 7.05 Å². The van der Waals surface area contributed by atoms with Gasteiger partial charge in [0.05, 0.1) is 11.3 Å². The molecular weight excluding hydrogens is 383 g/mol. The van der Waals surface area contributed by atoms with Gasteiger partial charge in [0.25, 0.3) is 11.8 Å². The lowest BCUT2D eigenvalue weighted by Crippen LogP contribution is -2.46. The summed E-state index contributed by atoms with van der Waals surface area (Å²) in [6.45, 7) is 2.34. The number of carbonyl (C=O) groups excluding carboxylic acids is 2. The van der Waals surface area contributed by atoms with Crippen molar-refractivity contribution in [2.45, 2.75) is 0 Å². The molecule has 1 fully saturated rings. The van der Waals surface area contributed by atoms with Gasteiger partial charge in [-0.25, -0.2) is 18.1 Å². The molecule has 0 atom stereocenters. The number of hydrogen-bond acceptors (Lipinski definition) is 4. The number of imide groups is 1. The van der Waals surface area contributed by atoms with Crippen LogP contribution in [0.15, 0.2) is 48.2 Å². The minimum atomic E-state index is -0.883. The van der Waals surface area contributed by atoms with Crippen LogP contribution in [0.3, 0.4) is 0 Å². The van der Waals surface area contributed by atoms with E-state index in [0.717, 1.165) is 18.2 Å². The highest BCUT2D eigenvalue weighted by Gasteiger charge is 2.43. The number of likely N-dealkylation sites (N-methyl/N-ethyl adjacent to an activating group) is 1. The summed E-state index contributed by atoms with van der Waals surface area (Å²) < 4.78 is 41.5. The lowest BCUT2D eigenvalue weighted by atomic mass is 10.0. The van der Waals surface area contributed by atoms with Crippen molar-refractivity contribution in [3.05, 3.63) is 71.2 Å². The van der Waals surface area contributed by atoms with Crippen molar-refractivity contribution in [1.29, 1.82) is 0 Å². The van der Waals surface area contributed by atoms with Crippen molar-refractivity contribution in [2.75, 3.05) is 38.1 Å². The Hall–Kier alpha value is -3.13. The Kier molecular flexibility index (Phi) is 4.87. The molecule has 4 rings (SSSR count). The summed E-state index contributed by atoms with van der Waals surface area (Å²) >= 11 is 0. The zero-order valence-corrected chi connectivity index (χ0v) is 15.7. The summed E-state index contributed by atoms with van der Waals surface area (Å²) in [5, 5.41) is 0. The highest BCUT2D eigenvalue weighted by Crippen LogP contribution is 2.36. The number of carbonyl (C=O) groups is 2. The molecule has 0 unspecified atom stereocenters. The first-order chi connectivity index (χ1) is 13.9. The summed E-state index contributed by atoms with van der Waals surface area (Å²) in [7, 11) is 1.95. The first kappa shape index (κ1) is 19.2. The molecule has 29 heavy (non-hydrogen) atoms. The number of hydrogen-bond donors (Lipinski definition) is 0. The van der Waals surface area contributed by atoms with E-state index >= 15 is 0 Å². The van der Waals surface area contributed by atoms with E-state index in [1.165, 1.54) is 24.3 Å². The molecular formula is C21H18F3N3O2. The zero-order valence-electron chi connectivity index (χ0n) is 15.7. The Labute approximate surface area is 165 Å². The molecule has 2 amide bonds. The van der Waals surface area contributed by atoms with E-state index in [2.05, 4.69) is 4.90 Å². The van der Waals surface area contributed by atoms with E-state index in [0.29, 0.717) is 36.6 Å². The summed E-state index contributed by atoms with van der Waals surface area (Å²) in [5.41, 5.74) is 0.0864. The van der Waals surface area contributed by atoms with Gasteiger partial charge in [-0.3, -0.25) is 9.59 Å². The van der Waals surface area contributed by atoms with Gasteiger partial charge in [-0.2, -0.15) is 0 Å². The van der Waals surface area contributed by atoms with Crippen LogP contribution in [-0.4, -0.2) is 54.8 Å². The Balaban J connectivity index is 1.83. The number of halogens is 3. The van der Waals surface area contributed by atoms with Crippen molar-refractivity contribution in [1.82, 2.24) is 9.80 Å². The molecule has 2 aromatic rings. The van der Waals surface area contributed by atoms with Gasteiger partial charge >= 0.3 is 0 Å². The summed E-state index contributed by atoms with van der Waals surface area (Å²) in [6, 6.07) is 7.78. The predicted octanol–water partition coefficient (Wildman–Crippen LogP) is 2.64. The lowest BCUT2D eigenvalue weighted by Gasteiger charge is -2.34. The van der Waals surface area contributed by atoms with E-state index < -0.39 is 35.0 Å². The molecule has 2 aliphatic rings. The van der Waals surface area contributed by atoms with Gasteiger partial charge in [-0.1, -0.05) is 12.1 Å². The second kappa shape index (κ2) is 7.36. The van der Waals surface area contributed by atoms with Gasteiger partial charge in [-0.15, -0.1) is 0 Å². The van der Waals surface area contributed by atoms with Crippen LogP contribution in [0.4, 0.5) is 18.9 Å². The molecule has 2 aliphatic heterocycles. The van der Waals surface area contributed by atoms with E-state index in [-0.39, 0.29) is 11.3 Å². The van der Waals surface area contributed by atoms with Crippen molar-refractivity contribution >= 4 is 23.1 Å². The highest BCUT2D eigenvalue weighted by atomic mass is 19.1. The van der Waals surface area contributed by atoms with Gasteiger partial charge in [0, 0.05) is 32.2 Å². The van der Waals surface area contributed by atoms with Crippen LogP contribution in [0.1, 0.15) is 5.56 Å². The predicted molar refractivity (Wildman–Crippen MR) is 101 cm³/mol. The maximum Gasteiger partial charge on any atom is 0.282 e. The normalized spacial score (nSPS) is 18.2. The molecule has 0 N–H and O–H groups in total. The van der Waals surface area contributed by atoms with Gasteiger partial charge < -0.3 is 9.80 Å².